The molecule has 0 spiro atoms. The summed E-state index contributed by atoms with van der Waals surface area (Å²) in [4.78, 5) is 13.2. The Balaban J connectivity index is 1.74. The Labute approximate surface area is 161 Å². The molecule has 2 aliphatic heterocycles. The van der Waals surface area contributed by atoms with Crippen LogP contribution in [0.15, 0.2) is 23.3 Å². The van der Waals surface area contributed by atoms with Crippen molar-refractivity contribution in [2.24, 2.45) is 16.9 Å². The highest BCUT2D eigenvalue weighted by atomic mass is 16.5. The monoisotopic (exact) mass is 371 g/mol. The molecule has 1 aliphatic carbocycles. The SMILES string of the molecule is COc1ccc(C2=NN(N3CCCCC3)C(=O)[C@@H]3CCCC[C@H]23)cc1OC. The van der Waals surface area contributed by atoms with Crippen LogP contribution in [0.4, 0.5) is 0 Å². The summed E-state index contributed by atoms with van der Waals surface area (Å²) in [5, 5.41) is 8.73. The van der Waals surface area contributed by atoms with Gasteiger partial charge in [-0.25, -0.2) is 0 Å². The zero-order chi connectivity index (χ0) is 18.8. The van der Waals surface area contributed by atoms with Gasteiger partial charge in [0.2, 0.25) is 0 Å². The lowest BCUT2D eigenvalue weighted by Gasteiger charge is -2.43. The average Bonchev–Trinajstić information content (AvgIpc) is 2.74. The molecule has 2 fully saturated rings. The van der Waals surface area contributed by atoms with Crippen molar-refractivity contribution >= 4 is 11.6 Å². The van der Waals surface area contributed by atoms with Gasteiger partial charge >= 0.3 is 0 Å². The molecule has 27 heavy (non-hydrogen) atoms. The molecule has 6 nitrogen and oxygen atoms in total. The van der Waals surface area contributed by atoms with Crippen LogP contribution in [0.3, 0.4) is 0 Å². The first-order chi connectivity index (χ1) is 13.2. The summed E-state index contributed by atoms with van der Waals surface area (Å²) in [6, 6.07) is 5.96. The first-order valence-electron chi connectivity index (χ1n) is 10.1. The van der Waals surface area contributed by atoms with Gasteiger partial charge in [0.1, 0.15) is 0 Å². The molecule has 0 N–H and O–H groups in total. The highest BCUT2D eigenvalue weighted by molar-refractivity contribution is 6.07. The lowest BCUT2D eigenvalue weighted by molar-refractivity contribution is -0.160. The number of fused-ring (bicyclic) bond motifs is 1. The second-order valence-electron chi connectivity index (χ2n) is 7.69. The molecule has 146 valence electrons. The molecule has 3 aliphatic rings. The van der Waals surface area contributed by atoms with Gasteiger partial charge in [-0.15, -0.1) is 0 Å². The molecule has 1 aromatic carbocycles. The Hall–Kier alpha value is -2.08. The van der Waals surface area contributed by atoms with Crippen molar-refractivity contribution in [1.29, 1.82) is 0 Å². The largest absolute Gasteiger partial charge is 0.493 e. The Kier molecular flexibility index (Phi) is 5.34. The van der Waals surface area contributed by atoms with E-state index >= 15 is 0 Å². The van der Waals surface area contributed by atoms with Crippen molar-refractivity contribution in [2.45, 2.75) is 44.9 Å². The van der Waals surface area contributed by atoms with E-state index in [1.165, 1.54) is 6.42 Å². The van der Waals surface area contributed by atoms with Crippen LogP contribution in [0.1, 0.15) is 50.5 Å². The summed E-state index contributed by atoms with van der Waals surface area (Å²) in [5.74, 6) is 1.84. The van der Waals surface area contributed by atoms with E-state index < -0.39 is 0 Å². The third kappa shape index (κ3) is 3.43. The second kappa shape index (κ2) is 7.89. The van der Waals surface area contributed by atoms with Crippen molar-refractivity contribution in [3.63, 3.8) is 0 Å². The smallest absolute Gasteiger partial charge is 0.261 e. The van der Waals surface area contributed by atoms with Crippen LogP contribution in [0.2, 0.25) is 0 Å². The van der Waals surface area contributed by atoms with E-state index in [9.17, 15) is 4.79 Å². The van der Waals surface area contributed by atoms with Crippen molar-refractivity contribution in [1.82, 2.24) is 10.1 Å². The zero-order valence-electron chi connectivity index (χ0n) is 16.3. The minimum Gasteiger partial charge on any atom is -0.493 e. The molecule has 0 bridgehead atoms. The number of hydrazine groups is 1. The van der Waals surface area contributed by atoms with E-state index in [2.05, 4.69) is 5.01 Å². The Morgan fingerprint density at radius 3 is 2.33 bits per heavy atom. The van der Waals surface area contributed by atoms with Crippen LogP contribution in [0, 0.1) is 11.8 Å². The number of piperidine rings is 1. The van der Waals surface area contributed by atoms with Crippen molar-refractivity contribution in [3.05, 3.63) is 23.8 Å². The topological polar surface area (TPSA) is 54.4 Å². The third-order valence-corrected chi connectivity index (χ3v) is 6.11. The first kappa shape index (κ1) is 18.3. The number of nitrogens with zero attached hydrogens (tertiary/aromatic N) is 3. The van der Waals surface area contributed by atoms with Crippen LogP contribution in [0.25, 0.3) is 0 Å². The fraction of sp³-hybridized carbons (Fsp3) is 0.619. The lowest BCUT2D eigenvalue weighted by Crippen LogP contribution is -2.54. The Morgan fingerprint density at radius 1 is 0.926 bits per heavy atom. The Morgan fingerprint density at radius 2 is 1.63 bits per heavy atom. The van der Waals surface area contributed by atoms with Gasteiger partial charge < -0.3 is 9.47 Å². The molecule has 0 unspecified atom stereocenters. The van der Waals surface area contributed by atoms with Crippen molar-refractivity contribution < 1.29 is 14.3 Å². The normalized spacial score (nSPS) is 26.4. The maximum atomic E-state index is 13.2. The summed E-state index contributed by atoms with van der Waals surface area (Å²) in [5.41, 5.74) is 2.05. The number of rotatable bonds is 4. The minimum absolute atomic E-state index is 0.0428. The fourth-order valence-corrected chi connectivity index (χ4v) is 4.66. The van der Waals surface area contributed by atoms with E-state index in [4.69, 9.17) is 14.6 Å². The maximum absolute atomic E-state index is 13.2. The summed E-state index contributed by atoms with van der Waals surface area (Å²) >= 11 is 0. The number of ether oxygens (including phenoxy) is 2. The molecule has 1 amide bonds. The van der Waals surface area contributed by atoms with Crippen molar-refractivity contribution in [2.75, 3.05) is 27.3 Å². The first-order valence-corrected chi connectivity index (χ1v) is 10.1. The number of benzene rings is 1. The summed E-state index contributed by atoms with van der Waals surface area (Å²) < 4.78 is 10.9. The molecular formula is C21H29N3O3. The van der Waals surface area contributed by atoms with Crippen LogP contribution in [0.5, 0.6) is 11.5 Å². The van der Waals surface area contributed by atoms with E-state index in [1.54, 1.807) is 19.3 Å². The highest BCUT2D eigenvalue weighted by Crippen LogP contribution is 2.39. The molecule has 1 saturated heterocycles. The van der Waals surface area contributed by atoms with Crippen molar-refractivity contribution in [3.8, 4) is 11.5 Å². The summed E-state index contributed by atoms with van der Waals surface area (Å²) in [6.45, 7) is 1.82. The summed E-state index contributed by atoms with van der Waals surface area (Å²) in [6.07, 6.45) is 7.75. The van der Waals surface area contributed by atoms with Crippen LogP contribution >= 0.6 is 0 Å². The fourth-order valence-electron chi connectivity index (χ4n) is 4.66. The van der Waals surface area contributed by atoms with Gasteiger partial charge in [0.25, 0.3) is 5.91 Å². The van der Waals surface area contributed by atoms with Crippen LogP contribution in [-0.4, -0.2) is 49.1 Å². The molecule has 1 aromatic rings. The minimum atomic E-state index is 0.0428. The van der Waals surface area contributed by atoms with Gasteiger partial charge in [-0.2, -0.15) is 15.2 Å². The van der Waals surface area contributed by atoms with Gasteiger partial charge in [0.05, 0.1) is 19.9 Å². The predicted octanol–water partition coefficient (Wildman–Crippen LogP) is 3.46. The second-order valence-corrected chi connectivity index (χ2v) is 7.69. The van der Waals surface area contributed by atoms with Crippen LogP contribution < -0.4 is 9.47 Å². The number of hydrogen-bond donors (Lipinski definition) is 0. The number of methoxy groups -OCH3 is 2. The van der Waals surface area contributed by atoms with Crippen LogP contribution in [-0.2, 0) is 4.79 Å². The maximum Gasteiger partial charge on any atom is 0.261 e. The standard InChI is InChI=1S/C21H29N3O3/c1-26-18-11-10-15(14-19(18)27-2)20-16-8-4-5-9-17(16)21(25)24(22-20)23-12-6-3-7-13-23/h10-11,14,16-17H,3-9,12-13H2,1-2H3/t16-,17+/m0/s1. The highest BCUT2D eigenvalue weighted by Gasteiger charge is 2.43. The zero-order valence-corrected chi connectivity index (χ0v) is 16.3. The number of amides is 1. The lowest BCUT2D eigenvalue weighted by atomic mass is 9.73. The van der Waals surface area contributed by atoms with E-state index in [0.29, 0.717) is 11.5 Å². The van der Waals surface area contributed by atoms with Gasteiger partial charge in [0.15, 0.2) is 11.5 Å². The molecule has 1 saturated carbocycles. The van der Waals surface area contributed by atoms with E-state index in [1.807, 2.05) is 18.2 Å². The van der Waals surface area contributed by atoms with Gasteiger partial charge in [-0.05, 0) is 43.9 Å². The quantitative estimate of drug-likeness (QED) is 0.813. The van der Waals surface area contributed by atoms with Gasteiger partial charge in [-0.3, -0.25) is 4.79 Å². The number of carbonyl (C=O) groups excluding carboxylic acids is 1. The molecule has 4 rings (SSSR count). The molecule has 2 heterocycles. The summed E-state index contributed by atoms with van der Waals surface area (Å²) in [7, 11) is 3.29. The molecule has 0 radical (unpaired) electrons. The third-order valence-electron chi connectivity index (χ3n) is 6.11. The average molecular weight is 371 g/mol. The van der Waals surface area contributed by atoms with Gasteiger partial charge in [0, 0.05) is 30.5 Å². The number of hydrogen-bond acceptors (Lipinski definition) is 5. The molecular weight excluding hydrogens is 342 g/mol. The molecule has 2 atom stereocenters. The van der Waals surface area contributed by atoms with E-state index in [-0.39, 0.29) is 17.7 Å². The number of hydrazone groups is 1. The van der Waals surface area contributed by atoms with Gasteiger partial charge in [-0.1, -0.05) is 19.3 Å². The molecule has 0 aromatic heterocycles. The predicted molar refractivity (Wildman–Crippen MR) is 104 cm³/mol. The Bertz CT molecular complexity index is 727. The van der Waals surface area contributed by atoms with E-state index in [0.717, 1.165) is 62.9 Å². The number of carbonyl (C=O) groups is 1. The molecule has 6 heteroatoms.